The number of nitrogens with zero attached hydrogens (tertiary/aromatic N) is 2. The molecule has 2 rings (SSSR count). The standard InChI is InChI=1S/C16H26N4O/c1-13-6-4-5-7-15(13)18-16(21)11-17-10-14-12-19(2)8-9-20(14)3/h4-7,14,17H,8-12H2,1-3H3,(H,18,21). The Morgan fingerprint density at radius 3 is 2.81 bits per heavy atom. The van der Waals surface area contributed by atoms with E-state index in [9.17, 15) is 4.79 Å². The molecule has 1 aromatic rings. The third-order valence-electron chi connectivity index (χ3n) is 4.06. The van der Waals surface area contributed by atoms with Crippen LogP contribution in [0.2, 0.25) is 0 Å². The lowest BCUT2D eigenvalue weighted by atomic mass is 10.2. The minimum atomic E-state index is 0.0103. The Labute approximate surface area is 127 Å². The maximum atomic E-state index is 12.0. The number of para-hydroxylation sites is 1. The maximum Gasteiger partial charge on any atom is 0.238 e. The van der Waals surface area contributed by atoms with Gasteiger partial charge in [0.25, 0.3) is 0 Å². The van der Waals surface area contributed by atoms with Crippen LogP contribution in [0.4, 0.5) is 5.69 Å². The Balaban J connectivity index is 1.73. The molecular formula is C16H26N4O. The Kier molecular flexibility index (Phi) is 5.73. The van der Waals surface area contributed by atoms with E-state index >= 15 is 0 Å². The Hall–Kier alpha value is -1.43. The van der Waals surface area contributed by atoms with Crippen LogP contribution in [-0.4, -0.2) is 68.6 Å². The van der Waals surface area contributed by atoms with Crippen molar-refractivity contribution >= 4 is 11.6 Å². The molecule has 1 aromatic carbocycles. The number of likely N-dealkylation sites (N-methyl/N-ethyl adjacent to an activating group) is 2. The zero-order valence-electron chi connectivity index (χ0n) is 13.2. The predicted molar refractivity (Wildman–Crippen MR) is 86.6 cm³/mol. The molecule has 5 nitrogen and oxygen atoms in total. The van der Waals surface area contributed by atoms with E-state index in [2.05, 4.69) is 34.5 Å². The Morgan fingerprint density at radius 1 is 1.29 bits per heavy atom. The quantitative estimate of drug-likeness (QED) is 0.841. The maximum absolute atomic E-state index is 12.0. The molecule has 0 bridgehead atoms. The van der Waals surface area contributed by atoms with Crippen LogP contribution < -0.4 is 10.6 Å². The molecule has 0 aromatic heterocycles. The molecule has 2 N–H and O–H groups in total. The SMILES string of the molecule is Cc1ccccc1NC(=O)CNCC1CN(C)CCN1C. The normalized spacial score (nSPS) is 20.4. The zero-order valence-corrected chi connectivity index (χ0v) is 13.2. The van der Waals surface area contributed by atoms with Crippen molar-refractivity contribution in [3.8, 4) is 0 Å². The average Bonchev–Trinajstić information content (AvgIpc) is 2.45. The molecule has 1 fully saturated rings. The van der Waals surface area contributed by atoms with Gasteiger partial charge < -0.3 is 15.5 Å². The largest absolute Gasteiger partial charge is 0.325 e. The molecule has 1 aliphatic rings. The fraction of sp³-hybridized carbons (Fsp3) is 0.562. The molecule has 1 saturated heterocycles. The molecule has 0 aliphatic carbocycles. The van der Waals surface area contributed by atoms with Crippen LogP contribution in [0.3, 0.4) is 0 Å². The van der Waals surface area contributed by atoms with Gasteiger partial charge in [0.15, 0.2) is 0 Å². The van der Waals surface area contributed by atoms with Crippen LogP contribution in [0.5, 0.6) is 0 Å². The molecule has 1 amide bonds. The molecule has 1 aliphatic heterocycles. The summed E-state index contributed by atoms with van der Waals surface area (Å²) in [5, 5.41) is 6.21. The second kappa shape index (κ2) is 7.54. The highest BCUT2D eigenvalue weighted by atomic mass is 16.1. The van der Waals surface area contributed by atoms with Gasteiger partial charge in [-0.05, 0) is 32.6 Å². The first kappa shape index (κ1) is 15.9. The van der Waals surface area contributed by atoms with Crippen LogP contribution in [-0.2, 0) is 4.79 Å². The van der Waals surface area contributed by atoms with Crippen molar-refractivity contribution in [1.29, 1.82) is 0 Å². The number of carbonyl (C=O) groups excluding carboxylic acids is 1. The minimum absolute atomic E-state index is 0.0103. The third kappa shape index (κ3) is 4.81. The number of anilines is 1. The van der Waals surface area contributed by atoms with Crippen LogP contribution in [0.25, 0.3) is 0 Å². The van der Waals surface area contributed by atoms with E-state index in [4.69, 9.17) is 0 Å². The summed E-state index contributed by atoms with van der Waals surface area (Å²) in [6.07, 6.45) is 0. The number of nitrogens with one attached hydrogen (secondary N) is 2. The summed E-state index contributed by atoms with van der Waals surface area (Å²) in [7, 11) is 4.29. The first-order valence-corrected chi connectivity index (χ1v) is 7.51. The lowest BCUT2D eigenvalue weighted by molar-refractivity contribution is -0.115. The number of aryl methyl sites for hydroxylation is 1. The lowest BCUT2D eigenvalue weighted by Crippen LogP contribution is -2.54. The molecule has 1 unspecified atom stereocenters. The van der Waals surface area contributed by atoms with E-state index in [0.29, 0.717) is 12.6 Å². The summed E-state index contributed by atoms with van der Waals surface area (Å²) in [6, 6.07) is 8.30. The molecule has 5 heteroatoms. The van der Waals surface area contributed by atoms with Crippen molar-refractivity contribution in [2.45, 2.75) is 13.0 Å². The molecule has 21 heavy (non-hydrogen) atoms. The van der Waals surface area contributed by atoms with Gasteiger partial charge in [-0.3, -0.25) is 9.69 Å². The van der Waals surface area contributed by atoms with Gasteiger partial charge >= 0.3 is 0 Å². The van der Waals surface area contributed by atoms with Gasteiger partial charge in [0.05, 0.1) is 6.54 Å². The number of hydrogen-bond donors (Lipinski definition) is 2. The van der Waals surface area contributed by atoms with Crippen molar-refractivity contribution in [3.05, 3.63) is 29.8 Å². The molecule has 1 atom stereocenters. The van der Waals surface area contributed by atoms with Crippen molar-refractivity contribution in [3.63, 3.8) is 0 Å². The van der Waals surface area contributed by atoms with Crippen LogP contribution in [0.15, 0.2) is 24.3 Å². The van der Waals surface area contributed by atoms with Gasteiger partial charge in [0.2, 0.25) is 5.91 Å². The number of carbonyl (C=O) groups is 1. The van der Waals surface area contributed by atoms with Crippen LogP contribution in [0.1, 0.15) is 5.56 Å². The summed E-state index contributed by atoms with van der Waals surface area (Å²) in [5.41, 5.74) is 1.97. The fourth-order valence-electron chi connectivity index (χ4n) is 2.58. The molecule has 0 saturated carbocycles. The van der Waals surface area contributed by atoms with Gasteiger partial charge in [-0.25, -0.2) is 0 Å². The van der Waals surface area contributed by atoms with Gasteiger partial charge in [0, 0.05) is 37.9 Å². The van der Waals surface area contributed by atoms with Gasteiger partial charge in [-0.15, -0.1) is 0 Å². The number of benzene rings is 1. The number of piperazine rings is 1. The molecule has 1 heterocycles. The zero-order chi connectivity index (χ0) is 15.2. The summed E-state index contributed by atoms with van der Waals surface area (Å²) in [5.74, 6) is 0.0103. The van der Waals surface area contributed by atoms with E-state index in [-0.39, 0.29) is 5.91 Å². The smallest absolute Gasteiger partial charge is 0.238 e. The predicted octanol–water partition coefficient (Wildman–Crippen LogP) is 0.769. The Morgan fingerprint density at radius 2 is 2.05 bits per heavy atom. The topological polar surface area (TPSA) is 47.6 Å². The second-order valence-corrected chi connectivity index (χ2v) is 5.89. The molecular weight excluding hydrogens is 264 g/mol. The van der Waals surface area contributed by atoms with Gasteiger partial charge in [-0.2, -0.15) is 0 Å². The van der Waals surface area contributed by atoms with E-state index < -0.39 is 0 Å². The summed E-state index contributed by atoms with van der Waals surface area (Å²) >= 11 is 0. The van der Waals surface area contributed by atoms with Crippen molar-refractivity contribution in [2.75, 3.05) is 52.1 Å². The van der Waals surface area contributed by atoms with Crippen molar-refractivity contribution in [1.82, 2.24) is 15.1 Å². The molecule has 0 radical (unpaired) electrons. The number of rotatable bonds is 5. The summed E-state index contributed by atoms with van der Waals surface area (Å²) < 4.78 is 0. The van der Waals surface area contributed by atoms with Crippen LogP contribution >= 0.6 is 0 Å². The molecule has 116 valence electrons. The monoisotopic (exact) mass is 290 g/mol. The fourth-order valence-corrected chi connectivity index (χ4v) is 2.58. The van der Waals surface area contributed by atoms with E-state index in [1.165, 1.54) is 0 Å². The Bertz CT molecular complexity index is 477. The molecule has 0 spiro atoms. The summed E-state index contributed by atoms with van der Waals surface area (Å²) in [6.45, 7) is 6.42. The number of amides is 1. The average molecular weight is 290 g/mol. The summed E-state index contributed by atoms with van der Waals surface area (Å²) in [4.78, 5) is 16.6. The van der Waals surface area contributed by atoms with Crippen molar-refractivity contribution < 1.29 is 4.79 Å². The lowest BCUT2D eigenvalue weighted by Gasteiger charge is -2.37. The highest BCUT2D eigenvalue weighted by Gasteiger charge is 2.21. The first-order chi connectivity index (χ1) is 10.1. The highest BCUT2D eigenvalue weighted by molar-refractivity contribution is 5.92. The van der Waals surface area contributed by atoms with E-state index in [1.54, 1.807) is 0 Å². The third-order valence-corrected chi connectivity index (χ3v) is 4.06. The van der Waals surface area contributed by atoms with E-state index in [0.717, 1.165) is 37.4 Å². The minimum Gasteiger partial charge on any atom is -0.325 e. The van der Waals surface area contributed by atoms with Gasteiger partial charge in [0.1, 0.15) is 0 Å². The number of hydrogen-bond acceptors (Lipinski definition) is 4. The van der Waals surface area contributed by atoms with E-state index in [1.807, 2.05) is 31.2 Å². The second-order valence-electron chi connectivity index (χ2n) is 5.89. The van der Waals surface area contributed by atoms with Gasteiger partial charge in [-0.1, -0.05) is 18.2 Å². The van der Waals surface area contributed by atoms with Crippen molar-refractivity contribution in [2.24, 2.45) is 0 Å². The van der Waals surface area contributed by atoms with Crippen LogP contribution in [0, 0.1) is 6.92 Å². The first-order valence-electron chi connectivity index (χ1n) is 7.51. The highest BCUT2D eigenvalue weighted by Crippen LogP contribution is 2.12.